The fraction of sp³-hybridized carbons (Fsp3) is 0.0526. The minimum absolute atomic E-state index is 0.138. The summed E-state index contributed by atoms with van der Waals surface area (Å²) < 4.78 is 18.3. The molecule has 0 bridgehead atoms. The Labute approximate surface area is 162 Å². The number of rotatable bonds is 5. The number of para-hydroxylation sites is 1. The second kappa shape index (κ2) is 7.24. The van der Waals surface area contributed by atoms with Gasteiger partial charge in [-0.05, 0) is 30.3 Å². The summed E-state index contributed by atoms with van der Waals surface area (Å²) in [4.78, 5) is 15.0. The largest absolute Gasteiger partial charge is 0.371 e. The summed E-state index contributed by atoms with van der Waals surface area (Å²) in [6.45, 7) is 0.138. The SMILES string of the molecule is O=[N+]([O-])c1c(Cl)nc2ccccc2c1NCc1cc(-c2ccc(F)cc2)no1. The van der Waals surface area contributed by atoms with E-state index in [1.54, 1.807) is 42.5 Å². The minimum atomic E-state index is -0.575. The Morgan fingerprint density at radius 1 is 1.18 bits per heavy atom. The second-order valence-electron chi connectivity index (χ2n) is 5.94. The van der Waals surface area contributed by atoms with Gasteiger partial charge in [0.15, 0.2) is 5.76 Å². The van der Waals surface area contributed by atoms with Gasteiger partial charge in [-0.15, -0.1) is 0 Å². The van der Waals surface area contributed by atoms with Gasteiger partial charge in [-0.2, -0.15) is 0 Å². The molecule has 1 N–H and O–H groups in total. The van der Waals surface area contributed by atoms with E-state index in [-0.39, 0.29) is 28.9 Å². The van der Waals surface area contributed by atoms with Crippen molar-refractivity contribution in [2.45, 2.75) is 6.54 Å². The van der Waals surface area contributed by atoms with E-state index in [1.165, 1.54) is 12.1 Å². The lowest BCUT2D eigenvalue weighted by molar-refractivity contribution is -0.384. The molecule has 0 radical (unpaired) electrons. The highest BCUT2D eigenvalue weighted by atomic mass is 35.5. The van der Waals surface area contributed by atoms with E-state index >= 15 is 0 Å². The predicted molar refractivity (Wildman–Crippen MR) is 103 cm³/mol. The number of hydrogen-bond donors (Lipinski definition) is 1. The minimum Gasteiger partial charge on any atom is -0.371 e. The third kappa shape index (κ3) is 3.37. The second-order valence-corrected chi connectivity index (χ2v) is 6.30. The number of nitrogens with zero attached hydrogens (tertiary/aromatic N) is 3. The number of nitrogens with one attached hydrogen (secondary N) is 1. The van der Waals surface area contributed by atoms with Gasteiger partial charge >= 0.3 is 5.69 Å². The zero-order chi connectivity index (χ0) is 19.7. The third-order valence-corrected chi connectivity index (χ3v) is 4.41. The van der Waals surface area contributed by atoms with E-state index < -0.39 is 4.92 Å². The van der Waals surface area contributed by atoms with E-state index in [2.05, 4.69) is 15.5 Å². The standard InChI is InChI=1S/C19H12ClFN4O3/c20-19-18(25(26)27)17(14-3-1-2-4-15(14)23-19)22-10-13-9-16(24-28-13)11-5-7-12(21)8-6-11/h1-9H,10H2,(H,22,23). The van der Waals surface area contributed by atoms with Gasteiger partial charge in [-0.25, -0.2) is 9.37 Å². The Kier molecular flexibility index (Phi) is 4.62. The molecule has 0 aliphatic heterocycles. The van der Waals surface area contributed by atoms with Crippen LogP contribution in [0.2, 0.25) is 5.15 Å². The molecular weight excluding hydrogens is 387 g/mol. The molecule has 2 heterocycles. The number of hydrogen-bond acceptors (Lipinski definition) is 6. The first kappa shape index (κ1) is 17.9. The lowest BCUT2D eigenvalue weighted by Crippen LogP contribution is -2.04. The van der Waals surface area contributed by atoms with Gasteiger partial charge in [0.25, 0.3) is 0 Å². The molecule has 0 saturated carbocycles. The van der Waals surface area contributed by atoms with Crippen LogP contribution < -0.4 is 5.32 Å². The molecule has 0 aliphatic carbocycles. The topological polar surface area (TPSA) is 94.1 Å². The van der Waals surface area contributed by atoms with Crippen molar-refractivity contribution in [3.63, 3.8) is 0 Å². The van der Waals surface area contributed by atoms with Crippen LogP contribution in [0, 0.1) is 15.9 Å². The van der Waals surface area contributed by atoms with Gasteiger partial charge in [-0.3, -0.25) is 10.1 Å². The number of halogens is 2. The Bertz CT molecular complexity index is 1180. The van der Waals surface area contributed by atoms with Crippen molar-refractivity contribution < 1.29 is 13.8 Å². The van der Waals surface area contributed by atoms with E-state index in [0.29, 0.717) is 27.9 Å². The smallest absolute Gasteiger partial charge is 0.329 e. The molecule has 2 aromatic heterocycles. The molecule has 2 aromatic carbocycles. The van der Waals surface area contributed by atoms with Gasteiger partial charge < -0.3 is 9.84 Å². The molecule has 0 fully saturated rings. The van der Waals surface area contributed by atoms with Crippen molar-refractivity contribution >= 4 is 33.9 Å². The Morgan fingerprint density at radius 2 is 1.93 bits per heavy atom. The number of pyridine rings is 1. The summed E-state index contributed by atoms with van der Waals surface area (Å²) in [5, 5.41) is 18.8. The van der Waals surface area contributed by atoms with Crippen molar-refractivity contribution in [2.75, 3.05) is 5.32 Å². The first-order valence-corrected chi connectivity index (χ1v) is 8.59. The van der Waals surface area contributed by atoms with Crippen LogP contribution in [-0.4, -0.2) is 15.1 Å². The summed E-state index contributed by atoms with van der Waals surface area (Å²) in [5.41, 5.74) is 1.70. The molecular formula is C19H12ClFN4O3. The van der Waals surface area contributed by atoms with Crippen LogP contribution in [0.4, 0.5) is 15.8 Å². The maximum Gasteiger partial charge on any atom is 0.329 e. The fourth-order valence-electron chi connectivity index (χ4n) is 2.85. The molecule has 0 spiro atoms. The molecule has 7 nitrogen and oxygen atoms in total. The van der Waals surface area contributed by atoms with Crippen LogP contribution in [0.5, 0.6) is 0 Å². The van der Waals surface area contributed by atoms with Crippen LogP contribution in [0.1, 0.15) is 5.76 Å². The van der Waals surface area contributed by atoms with E-state index in [4.69, 9.17) is 16.1 Å². The molecule has 4 rings (SSSR count). The molecule has 9 heteroatoms. The van der Waals surface area contributed by atoms with Gasteiger partial charge in [0.2, 0.25) is 5.15 Å². The highest BCUT2D eigenvalue weighted by Gasteiger charge is 2.24. The summed E-state index contributed by atoms with van der Waals surface area (Å²) in [6.07, 6.45) is 0. The number of fused-ring (bicyclic) bond motifs is 1. The van der Waals surface area contributed by atoms with E-state index in [0.717, 1.165) is 0 Å². The van der Waals surface area contributed by atoms with Crippen molar-refractivity contribution in [3.8, 4) is 11.3 Å². The lowest BCUT2D eigenvalue weighted by atomic mass is 10.1. The summed E-state index contributed by atoms with van der Waals surface area (Å²) in [6, 6.07) is 14.5. The molecule has 0 atom stereocenters. The number of aromatic nitrogens is 2. The zero-order valence-electron chi connectivity index (χ0n) is 14.2. The van der Waals surface area contributed by atoms with Gasteiger partial charge in [0.1, 0.15) is 17.2 Å². The zero-order valence-corrected chi connectivity index (χ0v) is 15.0. The summed E-state index contributed by atoms with van der Waals surface area (Å²) in [7, 11) is 0. The maximum absolute atomic E-state index is 13.1. The normalized spacial score (nSPS) is 10.9. The van der Waals surface area contributed by atoms with Gasteiger partial charge in [-0.1, -0.05) is 35.0 Å². The van der Waals surface area contributed by atoms with Crippen LogP contribution in [-0.2, 0) is 6.54 Å². The Hall–Kier alpha value is -3.52. The van der Waals surface area contributed by atoms with E-state index in [1.807, 2.05) is 0 Å². The van der Waals surface area contributed by atoms with Crippen LogP contribution >= 0.6 is 11.6 Å². The van der Waals surface area contributed by atoms with E-state index in [9.17, 15) is 14.5 Å². The quantitative estimate of drug-likeness (QED) is 0.282. The highest BCUT2D eigenvalue weighted by molar-refractivity contribution is 6.33. The van der Waals surface area contributed by atoms with Crippen molar-refractivity contribution in [3.05, 3.63) is 81.4 Å². The first-order chi connectivity index (χ1) is 13.5. The molecule has 28 heavy (non-hydrogen) atoms. The monoisotopic (exact) mass is 398 g/mol. The highest BCUT2D eigenvalue weighted by Crippen LogP contribution is 2.37. The van der Waals surface area contributed by atoms with Crippen LogP contribution in [0.25, 0.3) is 22.2 Å². The molecule has 0 saturated heterocycles. The number of benzene rings is 2. The van der Waals surface area contributed by atoms with Crippen molar-refractivity contribution in [1.29, 1.82) is 0 Å². The Balaban J connectivity index is 1.65. The molecule has 0 aliphatic rings. The third-order valence-electron chi connectivity index (χ3n) is 4.15. The summed E-state index contributed by atoms with van der Waals surface area (Å²) in [5.74, 6) is 0.105. The van der Waals surface area contributed by atoms with Gasteiger partial charge in [0.05, 0.1) is 17.0 Å². The number of nitro groups is 1. The Morgan fingerprint density at radius 3 is 2.68 bits per heavy atom. The average Bonchev–Trinajstić information content (AvgIpc) is 3.15. The fourth-order valence-corrected chi connectivity index (χ4v) is 3.10. The first-order valence-electron chi connectivity index (χ1n) is 8.21. The van der Waals surface area contributed by atoms with Crippen LogP contribution in [0.3, 0.4) is 0 Å². The van der Waals surface area contributed by atoms with Crippen LogP contribution in [0.15, 0.2) is 59.1 Å². The van der Waals surface area contributed by atoms with Gasteiger partial charge in [0, 0.05) is 17.0 Å². The predicted octanol–water partition coefficient (Wildman–Crippen LogP) is 5.20. The average molecular weight is 399 g/mol. The summed E-state index contributed by atoms with van der Waals surface area (Å²) >= 11 is 6.02. The van der Waals surface area contributed by atoms with Crippen molar-refractivity contribution in [1.82, 2.24) is 10.1 Å². The molecule has 0 amide bonds. The van der Waals surface area contributed by atoms with Crippen molar-refractivity contribution in [2.24, 2.45) is 0 Å². The molecule has 140 valence electrons. The number of anilines is 1. The lowest BCUT2D eigenvalue weighted by Gasteiger charge is -2.09. The molecule has 0 unspecified atom stereocenters. The maximum atomic E-state index is 13.1. The molecule has 4 aromatic rings.